The predicted octanol–water partition coefficient (Wildman–Crippen LogP) is 1.11. The molecule has 4 nitrogen and oxygen atoms in total. The number of methoxy groups -OCH3 is 1. The first-order chi connectivity index (χ1) is 7.95. The van der Waals surface area contributed by atoms with Gasteiger partial charge in [-0.25, -0.2) is 0 Å². The van der Waals surface area contributed by atoms with E-state index in [0.717, 1.165) is 0 Å². The minimum atomic E-state index is -0.455. The first-order valence-electron chi connectivity index (χ1n) is 6.16. The quantitative estimate of drug-likeness (QED) is 0.654. The number of rotatable bonds is 6. The van der Waals surface area contributed by atoms with Crippen LogP contribution in [0, 0.1) is 0 Å². The van der Waals surface area contributed by atoms with E-state index in [-0.39, 0.29) is 30.5 Å². The van der Waals surface area contributed by atoms with E-state index in [1.165, 1.54) is 0 Å². The summed E-state index contributed by atoms with van der Waals surface area (Å²) < 4.78 is 22.3. The number of ether oxygens (including phenoxy) is 4. The average molecular weight is 242 g/mol. The molecule has 0 saturated carbocycles. The molecule has 5 heteroatoms. The van der Waals surface area contributed by atoms with Gasteiger partial charge < -0.3 is 18.9 Å². The summed E-state index contributed by atoms with van der Waals surface area (Å²) in [5.41, 5.74) is 0. The fraction of sp³-hybridized carbons (Fsp3) is 1.00. The van der Waals surface area contributed by atoms with Crippen molar-refractivity contribution in [2.24, 2.45) is 0 Å². The molecule has 98 valence electrons. The van der Waals surface area contributed by atoms with Gasteiger partial charge in [-0.2, -0.15) is 0 Å². The van der Waals surface area contributed by atoms with Crippen LogP contribution >= 0.6 is 0 Å². The minimum absolute atomic E-state index is 0.0945. The maximum atomic E-state index is 5.91. The van der Waals surface area contributed by atoms with Crippen molar-refractivity contribution in [3.63, 3.8) is 0 Å². The van der Waals surface area contributed by atoms with Crippen LogP contribution in [0.15, 0.2) is 0 Å². The van der Waals surface area contributed by atoms with Crippen molar-refractivity contribution in [3.8, 4) is 0 Å². The lowest BCUT2D eigenvalue weighted by atomic mass is 9.92. The number of hydrogen-bond acceptors (Lipinski definition) is 4. The van der Waals surface area contributed by atoms with E-state index in [4.69, 9.17) is 26.8 Å². The van der Waals surface area contributed by atoms with E-state index in [2.05, 4.69) is 0 Å². The summed E-state index contributed by atoms with van der Waals surface area (Å²) in [5, 5.41) is 0. The minimum Gasteiger partial charge on any atom is -0.377 e. The van der Waals surface area contributed by atoms with Gasteiger partial charge in [0.15, 0.2) is 0 Å². The summed E-state index contributed by atoms with van der Waals surface area (Å²) in [6.45, 7) is 8.38. The van der Waals surface area contributed by atoms with Crippen molar-refractivity contribution in [1.82, 2.24) is 0 Å². The Morgan fingerprint density at radius 3 is 2.24 bits per heavy atom. The molecule has 1 saturated heterocycles. The first kappa shape index (κ1) is 15.0. The molecular formula is C12H23BO4. The third-order valence-corrected chi connectivity index (χ3v) is 2.64. The lowest BCUT2D eigenvalue weighted by molar-refractivity contribution is -0.0796. The molecule has 0 aliphatic carbocycles. The summed E-state index contributed by atoms with van der Waals surface area (Å²) in [4.78, 5) is 0. The Morgan fingerprint density at radius 1 is 1.12 bits per heavy atom. The Bertz CT molecular complexity index is 223. The molecule has 1 aliphatic rings. The van der Waals surface area contributed by atoms with E-state index in [1.807, 2.05) is 27.7 Å². The monoisotopic (exact) mass is 242 g/mol. The van der Waals surface area contributed by atoms with E-state index < -0.39 is 6.00 Å². The van der Waals surface area contributed by atoms with Gasteiger partial charge in [-0.3, -0.25) is 0 Å². The Hall–Kier alpha value is -0.0951. The molecule has 1 rings (SSSR count). The summed E-state index contributed by atoms with van der Waals surface area (Å²) in [6.07, 6.45) is -0.317. The highest BCUT2D eigenvalue weighted by Gasteiger charge is 2.43. The molecule has 1 aliphatic heterocycles. The van der Waals surface area contributed by atoms with Crippen LogP contribution in [0.25, 0.3) is 0 Å². The molecule has 0 spiro atoms. The fourth-order valence-electron chi connectivity index (χ4n) is 1.93. The zero-order valence-corrected chi connectivity index (χ0v) is 11.4. The molecule has 0 aromatic rings. The van der Waals surface area contributed by atoms with E-state index in [9.17, 15) is 0 Å². The average Bonchev–Trinajstić information content (AvgIpc) is 2.51. The van der Waals surface area contributed by atoms with Crippen molar-refractivity contribution < 1.29 is 18.9 Å². The van der Waals surface area contributed by atoms with Crippen LogP contribution < -0.4 is 0 Å². The molecular weight excluding hydrogens is 219 g/mol. The smallest absolute Gasteiger partial charge is 0.113 e. The zero-order valence-electron chi connectivity index (χ0n) is 11.4. The Labute approximate surface area is 105 Å². The molecule has 1 unspecified atom stereocenters. The van der Waals surface area contributed by atoms with Gasteiger partial charge >= 0.3 is 0 Å². The van der Waals surface area contributed by atoms with Crippen LogP contribution in [0.4, 0.5) is 0 Å². The van der Waals surface area contributed by atoms with Crippen molar-refractivity contribution in [2.45, 2.75) is 64.2 Å². The van der Waals surface area contributed by atoms with Gasteiger partial charge in [0.05, 0.1) is 18.8 Å². The van der Waals surface area contributed by atoms with Crippen LogP contribution in [0.1, 0.15) is 27.7 Å². The highest BCUT2D eigenvalue weighted by atomic mass is 16.6. The van der Waals surface area contributed by atoms with E-state index in [0.29, 0.717) is 6.61 Å². The molecule has 2 radical (unpaired) electrons. The largest absolute Gasteiger partial charge is 0.377 e. The van der Waals surface area contributed by atoms with Crippen LogP contribution in [-0.2, 0) is 18.9 Å². The maximum Gasteiger partial charge on any atom is 0.113 e. The first-order valence-corrected chi connectivity index (χ1v) is 6.16. The highest BCUT2D eigenvalue weighted by Crippen LogP contribution is 2.26. The summed E-state index contributed by atoms with van der Waals surface area (Å²) in [6, 6.07) is -0.455. The normalized spacial score (nSPS) is 33.8. The van der Waals surface area contributed by atoms with Gasteiger partial charge in [0.2, 0.25) is 0 Å². The zero-order chi connectivity index (χ0) is 13.0. The van der Waals surface area contributed by atoms with Crippen molar-refractivity contribution >= 4 is 7.85 Å². The third kappa shape index (κ3) is 4.25. The molecule has 4 atom stereocenters. The lowest BCUT2D eigenvalue weighted by Crippen LogP contribution is -2.40. The highest BCUT2D eigenvalue weighted by molar-refractivity contribution is 6.11. The Balaban J connectivity index is 2.56. The second-order valence-corrected chi connectivity index (χ2v) is 4.87. The van der Waals surface area contributed by atoms with Gasteiger partial charge in [0.25, 0.3) is 0 Å². The second-order valence-electron chi connectivity index (χ2n) is 4.87. The molecule has 1 heterocycles. The molecule has 0 bridgehead atoms. The van der Waals surface area contributed by atoms with Crippen molar-refractivity contribution in [3.05, 3.63) is 0 Å². The molecule has 0 aromatic heterocycles. The third-order valence-electron chi connectivity index (χ3n) is 2.64. The SMILES string of the molecule is [B][C@@H]1O[C@H](COC(C)C)[C@H](OC)C1OC(C)C. The van der Waals surface area contributed by atoms with E-state index >= 15 is 0 Å². The second kappa shape index (κ2) is 6.73. The number of hydrogen-bond donors (Lipinski definition) is 0. The molecule has 0 aromatic carbocycles. The molecule has 1 fully saturated rings. The van der Waals surface area contributed by atoms with Gasteiger partial charge in [-0.05, 0) is 27.7 Å². The Kier molecular flexibility index (Phi) is 5.93. The van der Waals surface area contributed by atoms with Crippen LogP contribution in [0.5, 0.6) is 0 Å². The van der Waals surface area contributed by atoms with Crippen LogP contribution in [0.2, 0.25) is 0 Å². The van der Waals surface area contributed by atoms with Crippen LogP contribution in [-0.4, -0.2) is 58.1 Å². The van der Waals surface area contributed by atoms with Gasteiger partial charge in [0.1, 0.15) is 26.2 Å². The van der Waals surface area contributed by atoms with Gasteiger partial charge in [0, 0.05) is 13.1 Å². The van der Waals surface area contributed by atoms with E-state index in [1.54, 1.807) is 7.11 Å². The molecule has 17 heavy (non-hydrogen) atoms. The Morgan fingerprint density at radius 2 is 1.76 bits per heavy atom. The van der Waals surface area contributed by atoms with Crippen LogP contribution in [0.3, 0.4) is 0 Å². The van der Waals surface area contributed by atoms with Crippen molar-refractivity contribution in [2.75, 3.05) is 13.7 Å². The maximum absolute atomic E-state index is 5.91. The lowest BCUT2D eigenvalue weighted by Gasteiger charge is -2.24. The fourth-order valence-corrected chi connectivity index (χ4v) is 1.93. The molecule has 0 amide bonds. The topological polar surface area (TPSA) is 36.9 Å². The van der Waals surface area contributed by atoms with Crippen molar-refractivity contribution in [1.29, 1.82) is 0 Å². The summed E-state index contributed by atoms with van der Waals surface area (Å²) >= 11 is 0. The standard InChI is InChI=1S/C12H23BO4/c1-7(2)15-6-9-10(14-5)11(12(13)17-9)16-8(3)4/h7-12H,6H2,1-5H3/t9-,10+,11?,12-/m1/s1. The van der Waals surface area contributed by atoms with Gasteiger partial charge in [-0.15, -0.1) is 0 Å². The summed E-state index contributed by atoms with van der Waals surface area (Å²) in [5.74, 6) is 0. The van der Waals surface area contributed by atoms with Gasteiger partial charge in [-0.1, -0.05) is 0 Å². The molecule has 0 N–H and O–H groups in total. The predicted molar refractivity (Wildman–Crippen MR) is 66.3 cm³/mol. The summed E-state index contributed by atoms with van der Waals surface area (Å²) in [7, 11) is 7.55.